The zero-order valence-electron chi connectivity index (χ0n) is 19.0. The van der Waals surface area contributed by atoms with E-state index in [0.717, 1.165) is 19.3 Å². The fourth-order valence-corrected chi connectivity index (χ4v) is 8.67. The number of hydrogen-bond acceptors (Lipinski definition) is 6. The Morgan fingerprint density at radius 1 is 0.967 bits per heavy atom. The van der Waals surface area contributed by atoms with E-state index in [1.54, 1.807) is 0 Å². The lowest BCUT2D eigenvalue weighted by molar-refractivity contribution is -0.269. The van der Waals surface area contributed by atoms with E-state index >= 15 is 0 Å². The molecule has 3 N–H and O–H groups in total. The Hall–Kier alpha value is -0.980. The molecule has 4 aliphatic carbocycles. The van der Waals surface area contributed by atoms with E-state index in [-0.39, 0.29) is 47.9 Å². The summed E-state index contributed by atoms with van der Waals surface area (Å²) >= 11 is 0. The molecule has 4 rings (SSSR count). The van der Waals surface area contributed by atoms with Crippen molar-refractivity contribution in [2.45, 2.75) is 103 Å². The SMILES string of the molecule is CC(=O)O[C@H]1CC[C@]2(C)[C@H]3CC[C@@]4(C)[C@@H](C[C@@H](C)[C@]4(O)C(C)=O)[C@@H]3C[C@@H](O)[C@@]2(O)C1. The van der Waals surface area contributed by atoms with Crippen molar-refractivity contribution in [3.8, 4) is 0 Å². The molecule has 0 unspecified atom stereocenters. The Bertz CT molecular complexity index is 752. The van der Waals surface area contributed by atoms with Crippen molar-refractivity contribution in [3.05, 3.63) is 0 Å². The Balaban J connectivity index is 1.68. The van der Waals surface area contributed by atoms with Gasteiger partial charge in [-0.3, -0.25) is 9.59 Å². The maximum absolute atomic E-state index is 12.5. The van der Waals surface area contributed by atoms with Crippen molar-refractivity contribution in [2.75, 3.05) is 0 Å². The first-order valence-corrected chi connectivity index (χ1v) is 11.6. The molecule has 4 fully saturated rings. The third-order valence-electron chi connectivity index (χ3n) is 10.3. The molecule has 0 heterocycles. The van der Waals surface area contributed by atoms with E-state index in [1.807, 2.05) is 6.92 Å². The highest BCUT2D eigenvalue weighted by Gasteiger charge is 2.71. The van der Waals surface area contributed by atoms with Gasteiger partial charge in [-0.2, -0.15) is 0 Å². The summed E-state index contributed by atoms with van der Waals surface area (Å²) in [6.07, 6.45) is 3.16. The average Bonchev–Trinajstić information content (AvgIpc) is 2.85. The Morgan fingerprint density at radius 2 is 1.60 bits per heavy atom. The predicted molar refractivity (Wildman–Crippen MR) is 110 cm³/mol. The molecule has 30 heavy (non-hydrogen) atoms. The molecule has 6 heteroatoms. The Morgan fingerprint density at radius 3 is 2.20 bits per heavy atom. The van der Waals surface area contributed by atoms with Crippen LogP contribution in [0.15, 0.2) is 0 Å². The minimum atomic E-state index is -1.32. The highest BCUT2D eigenvalue weighted by molar-refractivity contribution is 5.86. The molecular weight excluding hydrogens is 384 g/mol. The van der Waals surface area contributed by atoms with Crippen molar-refractivity contribution in [2.24, 2.45) is 34.5 Å². The first-order chi connectivity index (χ1) is 13.8. The first-order valence-electron chi connectivity index (χ1n) is 11.6. The molecule has 0 saturated heterocycles. The number of hydrogen-bond donors (Lipinski definition) is 3. The predicted octanol–water partition coefficient (Wildman–Crippen LogP) is 2.61. The van der Waals surface area contributed by atoms with E-state index in [4.69, 9.17) is 4.74 Å². The molecule has 0 radical (unpaired) electrons. The maximum atomic E-state index is 12.5. The number of aliphatic hydroxyl groups excluding tert-OH is 1. The van der Waals surface area contributed by atoms with Crippen LogP contribution in [0, 0.1) is 34.5 Å². The summed E-state index contributed by atoms with van der Waals surface area (Å²) in [7, 11) is 0. The van der Waals surface area contributed by atoms with Crippen molar-refractivity contribution >= 4 is 11.8 Å². The lowest BCUT2D eigenvalue weighted by atomic mass is 9.42. The Kier molecular flexibility index (Phi) is 5.01. The maximum Gasteiger partial charge on any atom is 0.302 e. The van der Waals surface area contributed by atoms with Crippen molar-refractivity contribution in [3.63, 3.8) is 0 Å². The Labute approximate surface area is 179 Å². The first kappa shape index (κ1) is 22.2. The summed E-state index contributed by atoms with van der Waals surface area (Å²) in [6, 6.07) is 0. The zero-order valence-corrected chi connectivity index (χ0v) is 19.0. The molecule has 10 atom stereocenters. The number of Topliss-reactive ketones (excluding diaryl/α,β-unsaturated/α-hetero) is 1. The lowest BCUT2D eigenvalue weighted by Crippen LogP contribution is -2.69. The standard InChI is InChI=1S/C24H38O6/c1-13-10-19-17-11-20(27)23(28)12-16(30-15(3)26)6-8-21(23,4)18(17)7-9-22(19,5)24(13,29)14(2)25/h13,16-20,27-29H,6-12H2,1-5H3/t13-,16+,17-,18+,19+,20-,21-,22+,23+,24+/m1/s1. The molecule has 170 valence electrons. The van der Waals surface area contributed by atoms with Crippen LogP contribution >= 0.6 is 0 Å². The van der Waals surface area contributed by atoms with Crippen LogP contribution in [0.3, 0.4) is 0 Å². The van der Waals surface area contributed by atoms with E-state index in [1.165, 1.54) is 13.8 Å². The number of ether oxygens (including phenoxy) is 1. The largest absolute Gasteiger partial charge is 0.462 e. The van der Waals surface area contributed by atoms with Crippen molar-refractivity contribution in [1.29, 1.82) is 0 Å². The number of carbonyl (C=O) groups is 2. The molecule has 4 aliphatic rings. The fourth-order valence-electron chi connectivity index (χ4n) is 8.67. The van der Waals surface area contributed by atoms with Crippen LogP contribution in [0.5, 0.6) is 0 Å². The van der Waals surface area contributed by atoms with Crippen molar-refractivity contribution < 1.29 is 29.6 Å². The molecule has 0 spiro atoms. The second kappa shape index (κ2) is 6.76. The summed E-state index contributed by atoms with van der Waals surface area (Å²) in [5, 5.41) is 34.5. The molecule has 0 bridgehead atoms. The lowest BCUT2D eigenvalue weighted by Gasteiger charge is -2.65. The van der Waals surface area contributed by atoms with E-state index in [2.05, 4.69) is 13.8 Å². The van der Waals surface area contributed by atoms with Gasteiger partial charge in [-0.1, -0.05) is 20.8 Å². The number of carbonyl (C=O) groups excluding carboxylic acids is 2. The minimum absolute atomic E-state index is 0.116. The van der Waals surface area contributed by atoms with Gasteiger partial charge in [0.05, 0.1) is 11.7 Å². The van der Waals surface area contributed by atoms with Gasteiger partial charge in [-0.25, -0.2) is 0 Å². The van der Waals surface area contributed by atoms with Crippen LogP contribution in [-0.2, 0) is 14.3 Å². The second-order valence-electron chi connectivity index (χ2n) is 11.4. The molecule has 0 amide bonds. The van der Waals surface area contributed by atoms with Crippen LogP contribution < -0.4 is 0 Å². The summed E-state index contributed by atoms with van der Waals surface area (Å²) in [5.41, 5.74) is -3.59. The number of esters is 1. The van der Waals surface area contributed by atoms with Crippen LogP contribution in [0.4, 0.5) is 0 Å². The molecule has 0 aromatic heterocycles. The third kappa shape index (κ3) is 2.59. The fraction of sp³-hybridized carbons (Fsp3) is 0.917. The summed E-state index contributed by atoms with van der Waals surface area (Å²) in [5.74, 6) is -0.114. The van der Waals surface area contributed by atoms with Gasteiger partial charge in [0.25, 0.3) is 0 Å². The van der Waals surface area contributed by atoms with Gasteiger partial charge < -0.3 is 20.1 Å². The molecule has 0 aliphatic heterocycles. The summed E-state index contributed by atoms with van der Waals surface area (Å²) in [4.78, 5) is 24.0. The van der Waals surface area contributed by atoms with Gasteiger partial charge >= 0.3 is 5.97 Å². The zero-order chi connectivity index (χ0) is 22.3. The van der Waals surface area contributed by atoms with Crippen LogP contribution in [0.1, 0.15) is 79.6 Å². The highest BCUT2D eigenvalue weighted by atomic mass is 16.5. The number of ketones is 1. The van der Waals surface area contributed by atoms with Crippen LogP contribution in [-0.4, -0.2) is 50.5 Å². The van der Waals surface area contributed by atoms with Gasteiger partial charge in [0.2, 0.25) is 0 Å². The number of aliphatic hydroxyl groups is 3. The van der Waals surface area contributed by atoms with Crippen LogP contribution in [0.25, 0.3) is 0 Å². The topological polar surface area (TPSA) is 104 Å². The van der Waals surface area contributed by atoms with Gasteiger partial charge in [0.1, 0.15) is 11.7 Å². The second-order valence-corrected chi connectivity index (χ2v) is 11.4. The van der Waals surface area contributed by atoms with E-state index in [9.17, 15) is 24.9 Å². The van der Waals surface area contributed by atoms with Gasteiger partial charge in [0.15, 0.2) is 5.78 Å². The smallest absolute Gasteiger partial charge is 0.302 e. The summed E-state index contributed by atoms with van der Waals surface area (Å²) < 4.78 is 5.41. The number of fused-ring (bicyclic) bond motifs is 5. The van der Waals surface area contributed by atoms with Crippen LogP contribution in [0.2, 0.25) is 0 Å². The highest BCUT2D eigenvalue weighted by Crippen LogP contribution is 2.70. The monoisotopic (exact) mass is 422 g/mol. The van der Waals surface area contributed by atoms with Gasteiger partial charge in [-0.15, -0.1) is 0 Å². The van der Waals surface area contributed by atoms with Crippen molar-refractivity contribution in [1.82, 2.24) is 0 Å². The normalized spacial score (nSPS) is 55.2. The third-order valence-corrected chi connectivity index (χ3v) is 10.3. The molecule has 0 aromatic carbocycles. The molecule has 4 saturated carbocycles. The minimum Gasteiger partial charge on any atom is -0.462 e. The molecule has 0 aromatic rings. The molecular formula is C24H38O6. The average molecular weight is 423 g/mol. The van der Waals surface area contributed by atoms with Gasteiger partial charge in [0, 0.05) is 24.2 Å². The molecule has 6 nitrogen and oxygen atoms in total. The quantitative estimate of drug-likeness (QED) is 0.591. The number of rotatable bonds is 2. The summed E-state index contributed by atoms with van der Waals surface area (Å²) in [6.45, 7) is 9.01. The van der Waals surface area contributed by atoms with E-state index < -0.39 is 28.1 Å². The van der Waals surface area contributed by atoms with E-state index in [0.29, 0.717) is 19.3 Å². The van der Waals surface area contributed by atoms with Gasteiger partial charge in [-0.05, 0) is 69.1 Å².